The molecule has 2 aliphatic rings. The Kier molecular flexibility index (Phi) is 2.29. The summed E-state index contributed by atoms with van der Waals surface area (Å²) in [7, 11) is 0. The Morgan fingerprint density at radius 1 is 1.71 bits per heavy atom. The maximum Gasteiger partial charge on any atom is 0.251 e. The SMILES string of the molecule is C=C(C)CN1C=CN2NCCC2C1=O. The van der Waals surface area contributed by atoms with Gasteiger partial charge in [-0.15, -0.1) is 0 Å². The van der Waals surface area contributed by atoms with Crippen LogP contribution in [0.15, 0.2) is 24.6 Å². The summed E-state index contributed by atoms with van der Waals surface area (Å²) in [4.78, 5) is 13.6. The molecule has 0 aromatic heterocycles. The lowest BCUT2D eigenvalue weighted by molar-refractivity contribution is -0.134. The van der Waals surface area contributed by atoms with Crippen LogP contribution in [0.5, 0.6) is 0 Å². The second kappa shape index (κ2) is 3.46. The first-order chi connectivity index (χ1) is 6.68. The molecule has 2 rings (SSSR count). The Bertz CT molecular complexity index is 298. The maximum atomic E-state index is 11.9. The molecule has 4 nitrogen and oxygen atoms in total. The Morgan fingerprint density at radius 2 is 2.50 bits per heavy atom. The number of nitrogens with zero attached hydrogens (tertiary/aromatic N) is 2. The minimum atomic E-state index is -0.0145. The molecule has 76 valence electrons. The molecule has 0 aliphatic carbocycles. The third kappa shape index (κ3) is 1.53. The van der Waals surface area contributed by atoms with Crippen LogP contribution in [0.2, 0.25) is 0 Å². The first-order valence-electron chi connectivity index (χ1n) is 4.83. The van der Waals surface area contributed by atoms with E-state index in [9.17, 15) is 4.79 Å². The molecule has 1 atom stereocenters. The van der Waals surface area contributed by atoms with Crippen molar-refractivity contribution in [3.05, 3.63) is 24.6 Å². The highest BCUT2D eigenvalue weighted by Gasteiger charge is 2.34. The van der Waals surface area contributed by atoms with Gasteiger partial charge in [0, 0.05) is 25.5 Å². The number of amides is 1. The molecule has 0 radical (unpaired) electrons. The van der Waals surface area contributed by atoms with Crippen LogP contribution in [-0.4, -0.2) is 34.9 Å². The minimum absolute atomic E-state index is 0.0145. The zero-order valence-electron chi connectivity index (χ0n) is 8.36. The Labute approximate surface area is 83.8 Å². The van der Waals surface area contributed by atoms with E-state index in [2.05, 4.69) is 12.0 Å². The molecule has 1 fully saturated rings. The van der Waals surface area contributed by atoms with Crippen LogP contribution in [0.1, 0.15) is 13.3 Å². The highest BCUT2D eigenvalue weighted by Crippen LogP contribution is 2.18. The molecule has 0 bridgehead atoms. The van der Waals surface area contributed by atoms with Crippen LogP contribution in [0.4, 0.5) is 0 Å². The fourth-order valence-electron chi connectivity index (χ4n) is 1.82. The summed E-state index contributed by atoms with van der Waals surface area (Å²) in [6, 6.07) is -0.0145. The van der Waals surface area contributed by atoms with Crippen molar-refractivity contribution >= 4 is 5.91 Å². The molecule has 0 aromatic carbocycles. The van der Waals surface area contributed by atoms with Crippen molar-refractivity contribution in [3.63, 3.8) is 0 Å². The molecule has 4 heteroatoms. The molecule has 0 aromatic rings. The number of fused-ring (bicyclic) bond motifs is 1. The van der Waals surface area contributed by atoms with Crippen molar-refractivity contribution in [2.75, 3.05) is 13.1 Å². The highest BCUT2D eigenvalue weighted by molar-refractivity contribution is 5.84. The van der Waals surface area contributed by atoms with E-state index in [0.29, 0.717) is 6.54 Å². The molecule has 14 heavy (non-hydrogen) atoms. The zero-order valence-corrected chi connectivity index (χ0v) is 8.36. The lowest BCUT2D eigenvalue weighted by Crippen LogP contribution is -2.48. The molecule has 2 aliphatic heterocycles. The Hall–Kier alpha value is -1.29. The second-order valence-electron chi connectivity index (χ2n) is 3.84. The first kappa shape index (κ1) is 9.27. The van der Waals surface area contributed by atoms with E-state index in [-0.39, 0.29) is 11.9 Å². The van der Waals surface area contributed by atoms with Crippen molar-refractivity contribution in [2.45, 2.75) is 19.4 Å². The van der Waals surface area contributed by atoms with Gasteiger partial charge in [-0.1, -0.05) is 12.2 Å². The summed E-state index contributed by atoms with van der Waals surface area (Å²) in [6.45, 7) is 7.24. The lowest BCUT2D eigenvalue weighted by Gasteiger charge is -2.31. The fourth-order valence-corrected chi connectivity index (χ4v) is 1.82. The van der Waals surface area contributed by atoms with Gasteiger partial charge in [-0.05, 0) is 13.3 Å². The van der Waals surface area contributed by atoms with E-state index in [4.69, 9.17) is 0 Å². The molecule has 1 N–H and O–H groups in total. The smallest absolute Gasteiger partial charge is 0.251 e. The van der Waals surface area contributed by atoms with Gasteiger partial charge in [0.2, 0.25) is 0 Å². The Morgan fingerprint density at radius 3 is 3.21 bits per heavy atom. The van der Waals surface area contributed by atoms with Crippen molar-refractivity contribution in [1.29, 1.82) is 0 Å². The predicted molar refractivity (Wildman–Crippen MR) is 53.9 cm³/mol. The van der Waals surface area contributed by atoms with Gasteiger partial charge >= 0.3 is 0 Å². The topological polar surface area (TPSA) is 35.6 Å². The molecule has 0 saturated carbocycles. The standard InChI is InChI=1S/C10H15N3O/c1-8(2)7-12-5-6-13-9(10(12)14)3-4-11-13/h5-6,9,11H,1,3-4,7H2,2H3. The molecule has 2 heterocycles. The van der Waals surface area contributed by atoms with Gasteiger partial charge in [0.1, 0.15) is 6.04 Å². The molecule has 1 amide bonds. The van der Waals surface area contributed by atoms with Gasteiger partial charge in [-0.3, -0.25) is 4.79 Å². The van der Waals surface area contributed by atoms with Crippen molar-refractivity contribution in [1.82, 2.24) is 15.3 Å². The summed E-state index contributed by atoms with van der Waals surface area (Å²) in [5.74, 6) is 0.167. The molecule has 1 unspecified atom stereocenters. The number of hydrazine groups is 1. The largest absolute Gasteiger partial charge is 0.312 e. The van der Waals surface area contributed by atoms with Crippen LogP contribution in [-0.2, 0) is 4.79 Å². The van der Waals surface area contributed by atoms with E-state index in [1.165, 1.54) is 0 Å². The van der Waals surface area contributed by atoms with Crippen LogP contribution >= 0.6 is 0 Å². The Balaban J connectivity index is 2.11. The van der Waals surface area contributed by atoms with E-state index in [1.54, 1.807) is 4.90 Å². The number of hydrogen-bond acceptors (Lipinski definition) is 3. The second-order valence-corrected chi connectivity index (χ2v) is 3.84. The van der Waals surface area contributed by atoms with E-state index in [1.807, 2.05) is 24.3 Å². The third-order valence-electron chi connectivity index (χ3n) is 2.46. The van der Waals surface area contributed by atoms with E-state index >= 15 is 0 Å². The van der Waals surface area contributed by atoms with Gasteiger partial charge in [0.15, 0.2) is 0 Å². The van der Waals surface area contributed by atoms with Gasteiger partial charge in [-0.2, -0.15) is 0 Å². The summed E-state index contributed by atoms with van der Waals surface area (Å²) >= 11 is 0. The quantitative estimate of drug-likeness (QED) is 0.647. The number of carbonyl (C=O) groups is 1. The molecule has 0 spiro atoms. The average Bonchev–Trinajstić information content (AvgIpc) is 2.57. The van der Waals surface area contributed by atoms with Crippen LogP contribution < -0.4 is 5.43 Å². The summed E-state index contributed by atoms with van der Waals surface area (Å²) in [5.41, 5.74) is 4.14. The average molecular weight is 193 g/mol. The summed E-state index contributed by atoms with van der Waals surface area (Å²) in [6.07, 6.45) is 4.61. The predicted octanol–water partition coefficient (Wildman–Crippen LogP) is 0.455. The minimum Gasteiger partial charge on any atom is -0.312 e. The number of rotatable bonds is 2. The van der Waals surface area contributed by atoms with Crippen LogP contribution in [0, 0.1) is 0 Å². The van der Waals surface area contributed by atoms with Gasteiger partial charge < -0.3 is 9.91 Å². The summed E-state index contributed by atoms with van der Waals surface area (Å²) in [5, 5.41) is 1.89. The van der Waals surface area contributed by atoms with Crippen molar-refractivity contribution in [2.24, 2.45) is 0 Å². The van der Waals surface area contributed by atoms with Gasteiger partial charge in [-0.25, -0.2) is 5.43 Å². The van der Waals surface area contributed by atoms with Crippen molar-refractivity contribution < 1.29 is 4.79 Å². The molecular weight excluding hydrogens is 178 g/mol. The molecular formula is C10H15N3O. The maximum absolute atomic E-state index is 11.9. The van der Waals surface area contributed by atoms with Crippen LogP contribution in [0.25, 0.3) is 0 Å². The lowest BCUT2D eigenvalue weighted by atomic mass is 10.1. The van der Waals surface area contributed by atoms with Gasteiger partial charge in [0.25, 0.3) is 5.91 Å². The van der Waals surface area contributed by atoms with Crippen LogP contribution in [0.3, 0.4) is 0 Å². The first-order valence-corrected chi connectivity index (χ1v) is 4.83. The number of nitrogens with one attached hydrogen (secondary N) is 1. The normalized spacial score (nSPS) is 25.5. The fraction of sp³-hybridized carbons (Fsp3) is 0.500. The van der Waals surface area contributed by atoms with Gasteiger partial charge in [0.05, 0.1) is 0 Å². The third-order valence-corrected chi connectivity index (χ3v) is 2.46. The number of carbonyl (C=O) groups excluding carboxylic acids is 1. The zero-order chi connectivity index (χ0) is 10.1. The summed E-state index contributed by atoms with van der Waals surface area (Å²) < 4.78 is 0. The number of hydrogen-bond donors (Lipinski definition) is 1. The van der Waals surface area contributed by atoms with Crippen molar-refractivity contribution in [3.8, 4) is 0 Å². The van der Waals surface area contributed by atoms with E-state index < -0.39 is 0 Å². The molecule has 1 saturated heterocycles. The van der Waals surface area contributed by atoms with E-state index in [0.717, 1.165) is 18.5 Å². The highest BCUT2D eigenvalue weighted by atomic mass is 16.2. The monoisotopic (exact) mass is 193 g/mol.